The predicted octanol–water partition coefficient (Wildman–Crippen LogP) is 6.23. The molecule has 0 saturated carbocycles. The van der Waals surface area contributed by atoms with Crippen molar-refractivity contribution >= 4 is 45.9 Å². The minimum Gasteiger partial charge on any atom is -0.870 e. The molecule has 6 aromatic carbocycles. The lowest BCUT2D eigenvalue weighted by molar-refractivity contribution is 0.824. The van der Waals surface area contributed by atoms with Gasteiger partial charge in [-0.15, -0.1) is 4.17 Å². The highest BCUT2D eigenvalue weighted by atomic mass is 31.2. The molecule has 0 amide bonds. The summed E-state index contributed by atoms with van der Waals surface area (Å²) in [5.41, 5.74) is 0. The van der Waals surface area contributed by atoms with Crippen LogP contribution >= 0.6 is 14.1 Å². The molecular weight excluding hydrogens is 524 g/mol. The van der Waals surface area contributed by atoms with E-state index in [0.717, 1.165) is 0 Å². The molecule has 1 N–H and O–H groups in total. The smallest absolute Gasteiger partial charge is 0.301 e. The molecule has 0 aliphatic heterocycles. The molecule has 0 heterocycles. The maximum Gasteiger partial charge on any atom is 0.301 e. The lowest BCUT2D eigenvalue weighted by Crippen LogP contribution is -2.31. The van der Waals surface area contributed by atoms with E-state index in [-0.39, 0.29) is 5.48 Å². The standard InChI is InChI=1S/C36H30NP2.H2O/c1-7-19-31(20-8-1)38(32-21-9-2-10-22-32,33-23-11-3-12-24-33)37-39(34-25-13-4-14-26-34,35-27-15-5-16-28-35)36-29-17-6-18-30-36;/h1-30H;1H2/q+1;/p-1. The van der Waals surface area contributed by atoms with E-state index < -0.39 is 14.1 Å². The van der Waals surface area contributed by atoms with E-state index in [4.69, 9.17) is 4.17 Å². The number of nitrogens with zero attached hydrogens (tertiary/aromatic N) is 1. The summed E-state index contributed by atoms with van der Waals surface area (Å²) in [6.07, 6.45) is 0. The Labute approximate surface area is 237 Å². The Balaban J connectivity index is 0.00000323. The Bertz CT molecular complexity index is 1430. The first-order chi connectivity index (χ1) is 19.3. The summed E-state index contributed by atoms with van der Waals surface area (Å²) in [5.74, 6) is 0. The lowest BCUT2D eigenvalue weighted by Gasteiger charge is -2.20. The summed E-state index contributed by atoms with van der Waals surface area (Å²) in [6, 6.07) is 65.7. The van der Waals surface area contributed by atoms with Crippen molar-refractivity contribution in [3.63, 3.8) is 0 Å². The Morgan fingerprint density at radius 2 is 0.400 bits per heavy atom. The molecule has 0 aliphatic carbocycles. The van der Waals surface area contributed by atoms with Crippen LogP contribution in [0, 0.1) is 0 Å². The van der Waals surface area contributed by atoms with Gasteiger partial charge in [0.25, 0.3) is 0 Å². The molecule has 6 rings (SSSR count). The van der Waals surface area contributed by atoms with E-state index in [0.29, 0.717) is 0 Å². The van der Waals surface area contributed by atoms with Crippen molar-refractivity contribution in [1.29, 1.82) is 0 Å². The van der Waals surface area contributed by atoms with Crippen molar-refractivity contribution in [2.45, 2.75) is 0 Å². The zero-order valence-electron chi connectivity index (χ0n) is 22.1. The molecule has 0 atom stereocenters. The van der Waals surface area contributed by atoms with Gasteiger partial charge >= 0.3 is 14.1 Å². The van der Waals surface area contributed by atoms with Gasteiger partial charge in [0.2, 0.25) is 0 Å². The molecule has 40 heavy (non-hydrogen) atoms. The van der Waals surface area contributed by atoms with Crippen molar-refractivity contribution in [3.05, 3.63) is 182 Å². The molecule has 0 fully saturated rings. The largest absolute Gasteiger partial charge is 0.870 e. The fraction of sp³-hybridized carbons (Fsp3) is 0. The van der Waals surface area contributed by atoms with Crippen LogP contribution in [0.3, 0.4) is 0 Å². The second kappa shape index (κ2) is 12.4. The second-order valence-electron chi connectivity index (χ2n) is 9.37. The van der Waals surface area contributed by atoms with Crippen molar-refractivity contribution in [2.24, 2.45) is 0 Å². The monoisotopic (exact) mass is 555 g/mol. The van der Waals surface area contributed by atoms with E-state index in [1.165, 1.54) is 31.8 Å². The van der Waals surface area contributed by atoms with Gasteiger partial charge in [0.1, 0.15) is 0 Å². The maximum absolute atomic E-state index is 6.38. The zero-order chi connectivity index (χ0) is 26.4. The number of hydrogen-bond donors (Lipinski definition) is 0. The van der Waals surface area contributed by atoms with Crippen LogP contribution in [0.4, 0.5) is 0 Å². The SMILES string of the molecule is [OH-].c1ccc(P(=[N+]=P(c2ccccc2)(c2ccccc2)c2ccccc2)(c2ccccc2)c2ccccc2)cc1. The fourth-order valence-corrected chi connectivity index (χ4v) is 14.8. The molecule has 0 aromatic heterocycles. The topological polar surface area (TPSA) is 44.1 Å². The Morgan fingerprint density at radius 1 is 0.250 bits per heavy atom. The van der Waals surface area contributed by atoms with Crippen LogP contribution in [0.5, 0.6) is 0 Å². The van der Waals surface area contributed by atoms with Crippen LogP contribution in [0.1, 0.15) is 0 Å². The van der Waals surface area contributed by atoms with E-state index in [1.807, 2.05) is 0 Å². The third kappa shape index (κ3) is 4.96. The Hall–Kier alpha value is -4.15. The molecule has 6 aromatic rings. The number of rotatable bonds is 6. The summed E-state index contributed by atoms with van der Waals surface area (Å²) in [5, 5.41) is 7.55. The van der Waals surface area contributed by atoms with E-state index in [2.05, 4.69) is 182 Å². The minimum absolute atomic E-state index is 0. The van der Waals surface area contributed by atoms with Crippen LogP contribution in [-0.4, -0.2) is 5.48 Å². The first-order valence-corrected chi connectivity index (χ1v) is 16.7. The highest BCUT2D eigenvalue weighted by molar-refractivity contribution is 7.93. The van der Waals surface area contributed by atoms with Gasteiger partial charge in [-0.3, -0.25) is 0 Å². The van der Waals surface area contributed by atoms with Gasteiger partial charge < -0.3 is 5.48 Å². The van der Waals surface area contributed by atoms with E-state index >= 15 is 0 Å². The minimum atomic E-state index is -2.50. The zero-order valence-corrected chi connectivity index (χ0v) is 23.9. The summed E-state index contributed by atoms with van der Waals surface area (Å²) >= 11 is 0. The molecule has 0 unspecified atom stereocenters. The second-order valence-corrected chi connectivity index (χ2v) is 15.7. The lowest BCUT2D eigenvalue weighted by atomic mass is 10.4. The fourth-order valence-electron chi connectivity index (χ4n) is 5.27. The van der Waals surface area contributed by atoms with Gasteiger partial charge in [-0.1, -0.05) is 109 Å². The van der Waals surface area contributed by atoms with Crippen LogP contribution in [0.25, 0.3) is 0 Å². The van der Waals surface area contributed by atoms with Crippen molar-refractivity contribution in [2.75, 3.05) is 0 Å². The van der Waals surface area contributed by atoms with Crippen LogP contribution in [0.15, 0.2) is 182 Å². The molecule has 0 spiro atoms. The number of hydrogen-bond acceptors (Lipinski definition) is 1. The van der Waals surface area contributed by atoms with Gasteiger partial charge in [-0.05, 0) is 72.8 Å². The van der Waals surface area contributed by atoms with Crippen molar-refractivity contribution in [3.8, 4) is 0 Å². The average molecular weight is 556 g/mol. The Morgan fingerprint density at radius 3 is 0.550 bits per heavy atom. The molecular formula is C36H31NOP2. The summed E-state index contributed by atoms with van der Waals surface area (Å²) in [7, 11) is -4.99. The van der Waals surface area contributed by atoms with Crippen LogP contribution in [0.2, 0.25) is 0 Å². The van der Waals surface area contributed by atoms with Gasteiger partial charge in [-0.2, -0.15) is 0 Å². The molecule has 0 bridgehead atoms. The quantitative estimate of drug-likeness (QED) is 0.178. The summed E-state index contributed by atoms with van der Waals surface area (Å²) in [4.78, 5) is 0. The highest BCUT2D eigenvalue weighted by Gasteiger charge is 2.44. The average Bonchev–Trinajstić information content (AvgIpc) is 3.04. The first kappa shape index (κ1) is 27.4. The Kier molecular flexibility index (Phi) is 8.47. The molecule has 4 heteroatoms. The molecule has 2 nitrogen and oxygen atoms in total. The van der Waals surface area contributed by atoms with Crippen LogP contribution < -0.4 is 36.0 Å². The van der Waals surface area contributed by atoms with Crippen molar-refractivity contribution in [1.82, 2.24) is 4.17 Å². The third-order valence-electron chi connectivity index (χ3n) is 7.05. The normalized spacial score (nSPS) is 11.2. The maximum atomic E-state index is 6.38. The number of benzene rings is 6. The molecule has 196 valence electrons. The summed E-state index contributed by atoms with van der Waals surface area (Å²) < 4.78 is 6.38. The molecule has 0 aliphatic rings. The van der Waals surface area contributed by atoms with Gasteiger partial charge in [-0.25, -0.2) is 0 Å². The van der Waals surface area contributed by atoms with Crippen molar-refractivity contribution < 1.29 is 5.48 Å². The van der Waals surface area contributed by atoms with Gasteiger partial charge in [0, 0.05) is 0 Å². The highest BCUT2D eigenvalue weighted by Crippen LogP contribution is 2.50. The molecule has 0 radical (unpaired) electrons. The van der Waals surface area contributed by atoms with Crippen LogP contribution in [-0.2, 0) is 0 Å². The van der Waals surface area contributed by atoms with Gasteiger partial charge in [0.05, 0.1) is 31.8 Å². The third-order valence-corrected chi connectivity index (χ3v) is 15.5. The predicted molar refractivity (Wildman–Crippen MR) is 174 cm³/mol. The van der Waals surface area contributed by atoms with Gasteiger partial charge in [0.15, 0.2) is 0 Å². The van der Waals surface area contributed by atoms with E-state index in [1.54, 1.807) is 0 Å². The van der Waals surface area contributed by atoms with E-state index in [9.17, 15) is 0 Å². The molecule has 0 saturated heterocycles. The summed E-state index contributed by atoms with van der Waals surface area (Å²) in [6.45, 7) is 0. The first-order valence-electron chi connectivity index (χ1n) is 13.2.